The number of rotatable bonds is 3. The molecule has 114 valence electrons. The maximum Gasteiger partial charge on any atom is 0.510 e. The van der Waals surface area contributed by atoms with Crippen LogP contribution in [0.1, 0.15) is 27.2 Å². The molecule has 0 aliphatic carbocycles. The standard InChI is InChI=1S/C6H10O5.C6H6O.C2H6/c1-3-5(7)10-4-11-6(8)9-2;7-6-4-2-1-3-5-6;1-2/h3-4H2,1-2H3;1-5,7H;1-2H3. The summed E-state index contributed by atoms with van der Waals surface area (Å²) >= 11 is 0. The third-order valence-corrected chi connectivity index (χ3v) is 1.61. The zero-order chi connectivity index (χ0) is 15.8. The van der Waals surface area contributed by atoms with E-state index in [9.17, 15) is 9.59 Å². The van der Waals surface area contributed by atoms with Gasteiger partial charge in [-0.15, -0.1) is 0 Å². The molecule has 0 saturated carbocycles. The van der Waals surface area contributed by atoms with Gasteiger partial charge in [-0.3, -0.25) is 4.79 Å². The molecule has 1 aromatic carbocycles. The first-order valence-corrected chi connectivity index (χ1v) is 6.20. The number of para-hydroxylation sites is 1. The number of methoxy groups -OCH3 is 1. The van der Waals surface area contributed by atoms with Gasteiger partial charge in [0.2, 0.25) is 6.79 Å². The fraction of sp³-hybridized carbons (Fsp3) is 0.429. The maximum atomic E-state index is 10.4. The van der Waals surface area contributed by atoms with E-state index >= 15 is 0 Å². The zero-order valence-electron chi connectivity index (χ0n) is 12.3. The maximum absolute atomic E-state index is 10.4. The lowest BCUT2D eigenvalue weighted by atomic mass is 10.3. The summed E-state index contributed by atoms with van der Waals surface area (Å²) < 4.78 is 12.8. The number of aromatic hydroxyl groups is 1. The first-order chi connectivity index (χ1) is 9.60. The summed E-state index contributed by atoms with van der Waals surface area (Å²) in [5, 5.41) is 8.63. The molecule has 20 heavy (non-hydrogen) atoms. The van der Waals surface area contributed by atoms with Crippen LogP contribution in [0.2, 0.25) is 0 Å². The first-order valence-electron chi connectivity index (χ1n) is 6.20. The van der Waals surface area contributed by atoms with Gasteiger partial charge in [0, 0.05) is 6.42 Å². The van der Waals surface area contributed by atoms with Crippen molar-refractivity contribution in [3.63, 3.8) is 0 Å². The van der Waals surface area contributed by atoms with E-state index in [2.05, 4.69) is 14.2 Å². The second-order valence-corrected chi connectivity index (χ2v) is 2.92. The van der Waals surface area contributed by atoms with Crippen LogP contribution in [-0.2, 0) is 19.0 Å². The quantitative estimate of drug-likeness (QED) is 0.679. The van der Waals surface area contributed by atoms with Gasteiger partial charge in [-0.05, 0) is 12.1 Å². The van der Waals surface area contributed by atoms with E-state index < -0.39 is 12.1 Å². The second-order valence-electron chi connectivity index (χ2n) is 2.92. The van der Waals surface area contributed by atoms with Crippen molar-refractivity contribution in [2.45, 2.75) is 27.2 Å². The molecule has 0 heterocycles. The summed E-state index contributed by atoms with van der Waals surface area (Å²) in [7, 11) is 1.17. The molecule has 0 saturated heterocycles. The molecule has 0 unspecified atom stereocenters. The number of benzene rings is 1. The summed E-state index contributed by atoms with van der Waals surface area (Å²) in [5.74, 6) is -0.101. The van der Waals surface area contributed by atoms with Gasteiger partial charge in [0.15, 0.2) is 0 Å². The van der Waals surface area contributed by atoms with E-state index in [0.29, 0.717) is 5.75 Å². The van der Waals surface area contributed by atoms with E-state index in [1.807, 2.05) is 19.9 Å². The molecule has 0 spiro atoms. The monoisotopic (exact) mass is 286 g/mol. The molecule has 1 rings (SSSR count). The predicted molar refractivity (Wildman–Crippen MR) is 74.2 cm³/mol. The van der Waals surface area contributed by atoms with Crippen LogP contribution in [0.5, 0.6) is 5.75 Å². The molecule has 6 nitrogen and oxygen atoms in total. The SMILES string of the molecule is CC.CCC(=O)OCOC(=O)OC.Oc1ccccc1. The molecule has 1 aromatic rings. The lowest BCUT2D eigenvalue weighted by Gasteiger charge is -2.02. The molecule has 0 amide bonds. The minimum atomic E-state index is -0.867. The molecule has 0 aliphatic heterocycles. The molecule has 6 heteroatoms. The van der Waals surface area contributed by atoms with Gasteiger partial charge in [-0.1, -0.05) is 39.0 Å². The van der Waals surface area contributed by atoms with Gasteiger partial charge in [-0.25, -0.2) is 4.79 Å². The molecule has 0 radical (unpaired) electrons. The number of ether oxygens (including phenoxy) is 3. The average Bonchev–Trinajstić information content (AvgIpc) is 2.50. The molecular formula is C14H22O6. The Morgan fingerprint density at radius 1 is 1.10 bits per heavy atom. The summed E-state index contributed by atoms with van der Waals surface area (Å²) in [5.41, 5.74) is 0. The van der Waals surface area contributed by atoms with Crippen molar-refractivity contribution in [2.75, 3.05) is 13.9 Å². The van der Waals surface area contributed by atoms with E-state index in [1.165, 1.54) is 7.11 Å². The summed E-state index contributed by atoms with van der Waals surface area (Å²) in [4.78, 5) is 20.7. The molecule has 0 bridgehead atoms. The van der Waals surface area contributed by atoms with Crippen LogP contribution in [0.15, 0.2) is 30.3 Å². The van der Waals surface area contributed by atoms with Crippen LogP contribution in [-0.4, -0.2) is 31.1 Å². The van der Waals surface area contributed by atoms with Gasteiger partial charge in [0.1, 0.15) is 5.75 Å². The van der Waals surface area contributed by atoms with Gasteiger partial charge in [-0.2, -0.15) is 0 Å². The van der Waals surface area contributed by atoms with Crippen molar-refractivity contribution < 1.29 is 28.9 Å². The van der Waals surface area contributed by atoms with Gasteiger partial charge in [0.05, 0.1) is 7.11 Å². The van der Waals surface area contributed by atoms with Crippen molar-refractivity contribution in [1.29, 1.82) is 0 Å². The Balaban J connectivity index is 0. The van der Waals surface area contributed by atoms with Crippen LogP contribution < -0.4 is 0 Å². The van der Waals surface area contributed by atoms with Crippen molar-refractivity contribution in [1.82, 2.24) is 0 Å². The number of hydrogen-bond acceptors (Lipinski definition) is 6. The smallest absolute Gasteiger partial charge is 0.508 e. The molecular weight excluding hydrogens is 264 g/mol. The molecule has 1 N–H and O–H groups in total. The highest BCUT2D eigenvalue weighted by molar-refractivity contribution is 5.69. The lowest BCUT2D eigenvalue weighted by Crippen LogP contribution is -2.11. The fourth-order valence-electron chi connectivity index (χ4n) is 0.732. The Hall–Kier alpha value is -2.24. The Bertz CT molecular complexity index is 334. The highest BCUT2D eigenvalue weighted by Gasteiger charge is 2.01. The van der Waals surface area contributed by atoms with Crippen LogP contribution in [0.25, 0.3) is 0 Å². The number of carbonyl (C=O) groups excluding carboxylic acids is 2. The van der Waals surface area contributed by atoms with Gasteiger partial charge < -0.3 is 19.3 Å². The Morgan fingerprint density at radius 3 is 2.00 bits per heavy atom. The van der Waals surface area contributed by atoms with E-state index in [1.54, 1.807) is 31.2 Å². The predicted octanol–water partition coefficient (Wildman–Crippen LogP) is 3.10. The molecule has 0 aliphatic rings. The van der Waals surface area contributed by atoms with Crippen molar-refractivity contribution in [2.24, 2.45) is 0 Å². The van der Waals surface area contributed by atoms with E-state index in [-0.39, 0.29) is 13.2 Å². The summed E-state index contributed by atoms with van der Waals surface area (Å²) in [6.07, 6.45) is -0.612. The Labute approximate surface area is 119 Å². The van der Waals surface area contributed by atoms with Gasteiger partial charge in [0.25, 0.3) is 0 Å². The minimum Gasteiger partial charge on any atom is -0.508 e. The van der Waals surface area contributed by atoms with Crippen LogP contribution in [0.3, 0.4) is 0 Å². The number of esters is 1. The first kappa shape index (κ1) is 20.1. The van der Waals surface area contributed by atoms with Crippen molar-refractivity contribution in [3.05, 3.63) is 30.3 Å². The highest BCUT2D eigenvalue weighted by Crippen LogP contribution is 2.02. The van der Waals surface area contributed by atoms with Crippen LogP contribution >= 0.6 is 0 Å². The number of carbonyl (C=O) groups is 2. The van der Waals surface area contributed by atoms with E-state index in [4.69, 9.17) is 5.11 Å². The zero-order valence-corrected chi connectivity index (χ0v) is 12.3. The normalized spacial score (nSPS) is 8.00. The third kappa shape index (κ3) is 13.8. The molecule has 0 aromatic heterocycles. The lowest BCUT2D eigenvalue weighted by molar-refractivity contribution is -0.152. The van der Waals surface area contributed by atoms with Crippen molar-refractivity contribution in [3.8, 4) is 5.75 Å². The Morgan fingerprint density at radius 2 is 1.65 bits per heavy atom. The minimum absolute atomic E-state index is 0.254. The fourth-order valence-corrected chi connectivity index (χ4v) is 0.732. The average molecular weight is 286 g/mol. The number of phenolic OH excluding ortho intramolecular Hbond substituents is 1. The largest absolute Gasteiger partial charge is 0.510 e. The highest BCUT2D eigenvalue weighted by atomic mass is 16.8. The number of phenols is 1. The van der Waals surface area contributed by atoms with Crippen molar-refractivity contribution >= 4 is 12.1 Å². The van der Waals surface area contributed by atoms with Crippen LogP contribution in [0.4, 0.5) is 4.79 Å². The Kier molecular flexibility index (Phi) is 14.9. The summed E-state index contributed by atoms with van der Waals surface area (Å²) in [6.45, 7) is 5.25. The van der Waals surface area contributed by atoms with E-state index in [0.717, 1.165) is 0 Å². The third-order valence-electron chi connectivity index (χ3n) is 1.61. The topological polar surface area (TPSA) is 82.1 Å². The van der Waals surface area contributed by atoms with Crippen LogP contribution in [0, 0.1) is 0 Å². The number of hydrogen-bond donors (Lipinski definition) is 1. The molecule has 0 fully saturated rings. The van der Waals surface area contributed by atoms with Gasteiger partial charge >= 0.3 is 12.1 Å². The second kappa shape index (κ2) is 14.8. The molecule has 0 atom stereocenters. The summed E-state index contributed by atoms with van der Waals surface area (Å²) in [6, 6.07) is 8.71.